The molecular weight excluding hydrogens is 342 g/mol. The van der Waals surface area contributed by atoms with Crippen molar-refractivity contribution in [2.75, 3.05) is 5.32 Å². The largest absolute Gasteiger partial charge is 0.326 e. The molecule has 0 atom stereocenters. The molecule has 0 saturated carbocycles. The van der Waals surface area contributed by atoms with Crippen molar-refractivity contribution in [1.82, 2.24) is 0 Å². The van der Waals surface area contributed by atoms with Crippen LogP contribution in [0.25, 0.3) is 22.3 Å². The van der Waals surface area contributed by atoms with Crippen LogP contribution in [0.2, 0.25) is 0 Å². The van der Waals surface area contributed by atoms with Crippen molar-refractivity contribution in [1.29, 1.82) is 0 Å². The van der Waals surface area contributed by atoms with E-state index >= 15 is 0 Å². The first kappa shape index (κ1) is 18.0. The smallest absolute Gasteiger partial charge is 0.221 e. The van der Waals surface area contributed by atoms with E-state index in [0.717, 1.165) is 32.8 Å². The van der Waals surface area contributed by atoms with Crippen LogP contribution in [-0.4, -0.2) is 11.0 Å². The summed E-state index contributed by atoms with van der Waals surface area (Å²) in [5.74, 6) is -0.111. The monoisotopic (exact) mass is 361 g/mol. The van der Waals surface area contributed by atoms with E-state index in [1.165, 1.54) is 18.7 Å². The van der Waals surface area contributed by atoms with Gasteiger partial charge < -0.3 is 5.32 Å². The molecule has 0 aliphatic rings. The van der Waals surface area contributed by atoms with Crippen molar-refractivity contribution in [2.24, 2.45) is 0 Å². The lowest BCUT2D eigenvalue weighted by atomic mass is 9.98. The quantitative estimate of drug-likeness (QED) is 0.614. The summed E-state index contributed by atoms with van der Waals surface area (Å²) in [6.07, 6.45) is 0. The Morgan fingerprint density at radius 2 is 1.42 bits per heavy atom. The van der Waals surface area contributed by atoms with Crippen LogP contribution in [0.1, 0.15) is 13.8 Å². The number of carbonyl (C=O) groups excluding carboxylic acids is 2. The highest BCUT2D eigenvalue weighted by Crippen LogP contribution is 2.33. The zero-order chi connectivity index (χ0) is 18.5. The zero-order valence-corrected chi connectivity index (χ0v) is 15.5. The number of rotatable bonds is 4. The minimum atomic E-state index is -0.111. The number of hydrogen-bond donors (Lipinski definition) is 1. The van der Waals surface area contributed by atoms with Crippen LogP contribution >= 0.6 is 11.8 Å². The maximum absolute atomic E-state index is 11.7. The molecule has 1 N–H and O–H groups in total. The normalized spacial score (nSPS) is 10.4. The van der Waals surface area contributed by atoms with Crippen molar-refractivity contribution < 1.29 is 9.59 Å². The van der Waals surface area contributed by atoms with Crippen molar-refractivity contribution in [2.45, 2.75) is 18.7 Å². The second kappa shape index (κ2) is 8.02. The van der Waals surface area contributed by atoms with Crippen molar-refractivity contribution in [3.63, 3.8) is 0 Å². The second-order valence-corrected chi connectivity index (χ2v) is 7.18. The molecule has 3 aromatic carbocycles. The van der Waals surface area contributed by atoms with E-state index in [9.17, 15) is 9.59 Å². The topological polar surface area (TPSA) is 46.2 Å². The third-order valence-corrected chi connectivity index (χ3v) is 4.66. The Hall–Kier alpha value is -2.85. The summed E-state index contributed by atoms with van der Waals surface area (Å²) < 4.78 is 0. The molecule has 0 bridgehead atoms. The molecule has 4 heteroatoms. The molecule has 0 spiro atoms. The number of carbonyl (C=O) groups is 2. The van der Waals surface area contributed by atoms with Crippen LogP contribution in [0.3, 0.4) is 0 Å². The first-order valence-electron chi connectivity index (χ1n) is 8.29. The van der Waals surface area contributed by atoms with Crippen molar-refractivity contribution in [3.05, 3.63) is 72.8 Å². The second-order valence-electron chi connectivity index (χ2n) is 5.93. The van der Waals surface area contributed by atoms with Gasteiger partial charge in [0.2, 0.25) is 5.91 Å². The summed E-state index contributed by atoms with van der Waals surface area (Å²) in [7, 11) is 0. The van der Waals surface area contributed by atoms with Gasteiger partial charge in [0.25, 0.3) is 0 Å². The summed E-state index contributed by atoms with van der Waals surface area (Å²) in [4.78, 5) is 23.8. The molecule has 0 fully saturated rings. The van der Waals surface area contributed by atoms with Gasteiger partial charge in [-0.25, -0.2) is 0 Å². The van der Waals surface area contributed by atoms with Gasteiger partial charge in [-0.3, -0.25) is 9.59 Å². The van der Waals surface area contributed by atoms with Crippen molar-refractivity contribution in [3.8, 4) is 22.3 Å². The molecule has 3 aromatic rings. The Balaban J connectivity index is 2.00. The Bertz CT molecular complexity index is 934. The predicted octanol–water partition coefficient (Wildman–Crippen LogP) is 5.62. The fourth-order valence-corrected chi connectivity index (χ4v) is 3.37. The van der Waals surface area contributed by atoms with Crippen LogP contribution in [0.5, 0.6) is 0 Å². The number of anilines is 1. The molecule has 26 heavy (non-hydrogen) atoms. The average molecular weight is 361 g/mol. The maximum atomic E-state index is 11.7. The molecule has 0 aromatic heterocycles. The number of hydrogen-bond acceptors (Lipinski definition) is 3. The predicted molar refractivity (Wildman–Crippen MR) is 108 cm³/mol. The lowest BCUT2D eigenvalue weighted by molar-refractivity contribution is -0.114. The fourth-order valence-electron chi connectivity index (χ4n) is 2.77. The molecule has 0 saturated heterocycles. The van der Waals surface area contributed by atoms with Gasteiger partial charge in [-0.1, -0.05) is 66.4 Å². The summed E-state index contributed by atoms with van der Waals surface area (Å²) in [6, 6.07) is 23.9. The molecule has 0 radical (unpaired) electrons. The highest BCUT2D eigenvalue weighted by atomic mass is 32.2. The Morgan fingerprint density at radius 3 is 2.04 bits per heavy atom. The number of amides is 1. The third-order valence-electron chi connectivity index (χ3n) is 3.86. The van der Waals surface area contributed by atoms with Gasteiger partial charge >= 0.3 is 0 Å². The molecule has 1 amide bonds. The Morgan fingerprint density at radius 1 is 0.769 bits per heavy atom. The Labute approximate surface area is 157 Å². The minimum absolute atomic E-state index is 0.0592. The fraction of sp³-hybridized carbons (Fsp3) is 0.0909. The van der Waals surface area contributed by atoms with Gasteiger partial charge in [0.15, 0.2) is 5.12 Å². The standard InChI is InChI=1S/C22H19NO2S/c1-15(24)23-22-14-19(17-6-4-3-5-7-17)10-13-21(22)18-8-11-20(12-9-18)26-16(2)25/h3-14H,1-2H3,(H,23,24). The molecule has 0 aliphatic carbocycles. The molecule has 3 rings (SSSR count). The summed E-state index contributed by atoms with van der Waals surface area (Å²) >= 11 is 1.21. The van der Waals surface area contributed by atoms with Crippen LogP contribution in [0.4, 0.5) is 5.69 Å². The molecule has 0 heterocycles. The van der Waals surface area contributed by atoms with Gasteiger partial charge in [0.1, 0.15) is 0 Å². The van der Waals surface area contributed by atoms with Gasteiger partial charge in [-0.15, -0.1) is 0 Å². The highest BCUT2D eigenvalue weighted by Gasteiger charge is 2.10. The van der Waals surface area contributed by atoms with E-state index in [2.05, 4.69) is 5.32 Å². The van der Waals surface area contributed by atoms with Gasteiger partial charge in [-0.05, 0) is 34.9 Å². The number of benzene rings is 3. The maximum Gasteiger partial charge on any atom is 0.221 e. The molecule has 0 aliphatic heterocycles. The van der Waals surface area contributed by atoms with Gasteiger partial charge in [0, 0.05) is 30.0 Å². The van der Waals surface area contributed by atoms with E-state index in [4.69, 9.17) is 0 Å². The summed E-state index contributed by atoms with van der Waals surface area (Å²) in [5, 5.41) is 2.99. The average Bonchev–Trinajstić information content (AvgIpc) is 2.62. The number of thioether (sulfide) groups is 1. The third kappa shape index (κ3) is 4.41. The van der Waals surface area contributed by atoms with E-state index < -0.39 is 0 Å². The first-order chi connectivity index (χ1) is 12.5. The van der Waals surface area contributed by atoms with Crippen LogP contribution < -0.4 is 5.32 Å². The van der Waals surface area contributed by atoms with E-state index in [-0.39, 0.29) is 11.0 Å². The first-order valence-corrected chi connectivity index (χ1v) is 9.10. The van der Waals surface area contributed by atoms with Gasteiger partial charge in [0.05, 0.1) is 0 Å². The zero-order valence-electron chi connectivity index (χ0n) is 14.7. The Kier molecular flexibility index (Phi) is 5.54. The van der Waals surface area contributed by atoms with Crippen molar-refractivity contribution >= 4 is 28.5 Å². The molecular formula is C22H19NO2S. The number of nitrogens with one attached hydrogen (secondary N) is 1. The van der Waals surface area contributed by atoms with Crippen LogP contribution in [-0.2, 0) is 9.59 Å². The van der Waals surface area contributed by atoms with E-state index in [1.54, 1.807) is 6.92 Å². The molecule has 0 unspecified atom stereocenters. The van der Waals surface area contributed by atoms with Crippen LogP contribution in [0, 0.1) is 0 Å². The van der Waals surface area contributed by atoms with Gasteiger partial charge in [-0.2, -0.15) is 0 Å². The van der Waals surface area contributed by atoms with E-state index in [1.807, 2.05) is 72.8 Å². The minimum Gasteiger partial charge on any atom is -0.326 e. The highest BCUT2D eigenvalue weighted by molar-refractivity contribution is 8.13. The lowest BCUT2D eigenvalue weighted by Gasteiger charge is -2.13. The summed E-state index contributed by atoms with van der Waals surface area (Å²) in [5.41, 5.74) is 4.84. The lowest BCUT2D eigenvalue weighted by Crippen LogP contribution is -2.07. The molecule has 130 valence electrons. The SMILES string of the molecule is CC(=O)Nc1cc(-c2ccccc2)ccc1-c1ccc(SC(C)=O)cc1. The van der Waals surface area contributed by atoms with E-state index in [0.29, 0.717) is 0 Å². The van der Waals surface area contributed by atoms with Crippen LogP contribution in [0.15, 0.2) is 77.7 Å². The summed E-state index contributed by atoms with van der Waals surface area (Å²) in [6.45, 7) is 3.06. The molecule has 3 nitrogen and oxygen atoms in total.